The zero-order valence-electron chi connectivity index (χ0n) is 10.1. The molecule has 0 saturated carbocycles. The van der Waals surface area contributed by atoms with Crippen LogP contribution in [-0.4, -0.2) is 22.5 Å². The van der Waals surface area contributed by atoms with E-state index in [-0.39, 0.29) is 0 Å². The Morgan fingerprint density at radius 1 is 1.19 bits per heavy atom. The molecule has 0 aliphatic heterocycles. The summed E-state index contributed by atoms with van der Waals surface area (Å²) in [4.78, 5) is 0. The number of nitrogen functional groups attached to an aromatic ring is 1. The van der Waals surface area contributed by atoms with Crippen molar-refractivity contribution >= 4 is 15.0 Å². The Morgan fingerprint density at radius 3 is 2.44 bits per heavy atom. The van der Waals surface area contributed by atoms with Crippen LogP contribution in [-0.2, 0) is 15.3 Å². The minimum Gasteiger partial charge on any atom is -0.399 e. The van der Waals surface area contributed by atoms with Gasteiger partial charge < -0.3 is 14.6 Å². The zero-order valence-corrected chi connectivity index (χ0v) is 11.3. The first kappa shape index (κ1) is 13.2. The topological polar surface area (TPSA) is 44.5 Å². The summed E-state index contributed by atoms with van der Waals surface area (Å²) in [6.45, 7) is 5.51. The van der Waals surface area contributed by atoms with E-state index in [1.807, 2.05) is 32.0 Å². The van der Waals surface area contributed by atoms with Gasteiger partial charge in [-0.1, -0.05) is 12.1 Å². The Morgan fingerprint density at radius 2 is 1.88 bits per heavy atom. The third-order valence-corrected chi connectivity index (χ3v) is 4.50. The average Bonchev–Trinajstić information content (AvgIpc) is 2.27. The lowest BCUT2D eigenvalue weighted by atomic mass is 10.1. The van der Waals surface area contributed by atoms with Gasteiger partial charge in [0, 0.05) is 18.9 Å². The summed E-state index contributed by atoms with van der Waals surface area (Å²) in [5.41, 5.74) is 7.81. The van der Waals surface area contributed by atoms with Gasteiger partial charge in [-0.15, -0.1) is 0 Å². The maximum atomic E-state index is 5.73. The van der Waals surface area contributed by atoms with Gasteiger partial charge in [-0.25, -0.2) is 0 Å². The van der Waals surface area contributed by atoms with Gasteiger partial charge in [0.2, 0.25) is 0 Å². The molecule has 0 aromatic heterocycles. The van der Waals surface area contributed by atoms with Crippen LogP contribution in [0.5, 0.6) is 0 Å². The van der Waals surface area contributed by atoms with Gasteiger partial charge >= 0.3 is 9.28 Å². The van der Waals surface area contributed by atoms with Crippen molar-refractivity contribution in [3.8, 4) is 0 Å². The van der Waals surface area contributed by atoms with Crippen LogP contribution >= 0.6 is 0 Å². The standard InChI is InChI=1S/C12H21NO2Si/c1-3-14-16(15-4-2)9-8-11-6-5-7-12(13)10-11/h5-7,10,16H,3-4,8-9,13H2,1-2H3. The van der Waals surface area contributed by atoms with Crippen molar-refractivity contribution in [2.24, 2.45) is 0 Å². The highest BCUT2D eigenvalue weighted by Crippen LogP contribution is 2.11. The molecule has 0 bridgehead atoms. The number of hydrogen-bond acceptors (Lipinski definition) is 3. The Hall–Kier alpha value is -0.843. The van der Waals surface area contributed by atoms with Crippen LogP contribution in [0.1, 0.15) is 19.4 Å². The molecule has 1 aromatic rings. The molecule has 1 rings (SSSR count). The maximum Gasteiger partial charge on any atom is 0.321 e. The number of nitrogens with two attached hydrogens (primary N) is 1. The van der Waals surface area contributed by atoms with Crippen LogP contribution in [0.3, 0.4) is 0 Å². The van der Waals surface area contributed by atoms with E-state index < -0.39 is 9.28 Å². The van der Waals surface area contributed by atoms with Crippen molar-refractivity contribution in [2.45, 2.75) is 26.3 Å². The van der Waals surface area contributed by atoms with Crippen LogP contribution in [0.15, 0.2) is 24.3 Å². The SMILES string of the molecule is CCO[SiH](CCc1cccc(N)c1)OCC. The highest BCUT2D eigenvalue weighted by molar-refractivity contribution is 6.44. The quantitative estimate of drug-likeness (QED) is 0.585. The molecular formula is C12H21NO2Si. The molecule has 0 aliphatic rings. The molecule has 0 aliphatic carbocycles. The molecule has 0 fully saturated rings. The molecule has 0 heterocycles. The van der Waals surface area contributed by atoms with Gasteiger partial charge in [-0.2, -0.15) is 0 Å². The fourth-order valence-corrected chi connectivity index (χ4v) is 3.36. The molecule has 0 amide bonds. The van der Waals surface area contributed by atoms with Gasteiger partial charge in [0.1, 0.15) is 0 Å². The smallest absolute Gasteiger partial charge is 0.321 e. The summed E-state index contributed by atoms with van der Waals surface area (Å²) in [5, 5.41) is 0. The van der Waals surface area contributed by atoms with Crippen molar-refractivity contribution in [3.63, 3.8) is 0 Å². The second-order valence-electron chi connectivity index (χ2n) is 3.62. The van der Waals surface area contributed by atoms with E-state index in [0.717, 1.165) is 31.4 Å². The molecule has 0 unspecified atom stereocenters. The molecule has 0 radical (unpaired) electrons. The van der Waals surface area contributed by atoms with E-state index in [0.29, 0.717) is 0 Å². The summed E-state index contributed by atoms with van der Waals surface area (Å²) in [7, 11) is -1.46. The zero-order chi connectivity index (χ0) is 11.8. The van der Waals surface area contributed by atoms with Crippen molar-refractivity contribution < 1.29 is 8.85 Å². The minimum absolute atomic E-state index is 0.744. The van der Waals surface area contributed by atoms with Crippen molar-refractivity contribution in [3.05, 3.63) is 29.8 Å². The molecule has 90 valence electrons. The van der Waals surface area contributed by atoms with Crippen LogP contribution < -0.4 is 5.73 Å². The lowest BCUT2D eigenvalue weighted by Gasteiger charge is -2.14. The fourth-order valence-electron chi connectivity index (χ4n) is 1.62. The first-order valence-electron chi connectivity index (χ1n) is 5.83. The number of hydrogen-bond donors (Lipinski definition) is 1. The molecule has 4 heteroatoms. The van der Waals surface area contributed by atoms with Crippen LogP contribution in [0.25, 0.3) is 0 Å². The van der Waals surface area contributed by atoms with Gasteiger partial charge in [-0.05, 0) is 44.0 Å². The van der Waals surface area contributed by atoms with E-state index in [2.05, 4.69) is 6.07 Å². The molecule has 3 nitrogen and oxygen atoms in total. The lowest BCUT2D eigenvalue weighted by molar-refractivity contribution is 0.213. The summed E-state index contributed by atoms with van der Waals surface area (Å²) >= 11 is 0. The third kappa shape index (κ3) is 4.79. The molecule has 1 aromatic carbocycles. The van der Waals surface area contributed by atoms with Crippen molar-refractivity contribution in [1.29, 1.82) is 0 Å². The lowest BCUT2D eigenvalue weighted by Crippen LogP contribution is -2.23. The predicted molar refractivity (Wildman–Crippen MR) is 69.8 cm³/mol. The van der Waals surface area contributed by atoms with Gasteiger partial charge in [0.15, 0.2) is 0 Å². The normalized spacial score (nSPS) is 10.9. The Bertz CT molecular complexity index is 301. The van der Waals surface area contributed by atoms with E-state index >= 15 is 0 Å². The number of aryl methyl sites for hydroxylation is 1. The Balaban J connectivity index is 2.41. The van der Waals surface area contributed by atoms with Crippen LogP contribution in [0, 0.1) is 0 Å². The van der Waals surface area contributed by atoms with E-state index in [9.17, 15) is 0 Å². The largest absolute Gasteiger partial charge is 0.399 e. The average molecular weight is 239 g/mol. The molecule has 16 heavy (non-hydrogen) atoms. The van der Waals surface area contributed by atoms with E-state index in [1.165, 1.54) is 5.56 Å². The summed E-state index contributed by atoms with van der Waals surface area (Å²) in [5.74, 6) is 0. The summed E-state index contributed by atoms with van der Waals surface area (Å²) in [6.07, 6.45) is 0.988. The molecule has 2 N–H and O–H groups in total. The molecule has 0 atom stereocenters. The molecule has 0 spiro atoms. The fraction of sp³-hybridized carbons (Fsp3) is 0.500. The van der Waals surface area contributed by atoms with E-state index in [1.54, 1.807) is 0 Å². The highest BCUT2D eigenvalue weighted by atomic mass is 28.3. The van der Waals surface area contributed by atoms with E-state index in [4.69, 9.17) is 14.6 Å². The van der Waals surface area contributed by atoms with Gasteiger partial charge in [0.25, 0.3) is 0 Å². The predicted octanol–water partition coefficient (Wildman–Crippen LogP) is 2.10. The number of benzene rings is 1. The monoisotopic (exact) mass is 239 g/mol. The highest BCUT2D eigenvalue weighted by Gasteiger charge is 2.11. The molecule has 0 saturated heterocycles. The minimum atomic E-state index is -1.46. The number of anilines is 1. The van der Waals surface area contributed by atoms with Crippen molar-refractivity contribution in [2.75, 3.05) is 18.9 Å². The Kier molecular flexibility index (Phi) is 6.14. The molecular weight excluding hydrogens is 218 g/mol. The Labute approximate surface area is 99.4 Å². The second kappa shape index (κ2) is 7.43. The van der Waals surface area contributed by atoms with Gasteiger partial charge in [0.05, 0.1) is 0 Å². The first-order chi connectivity index (χ1) is 7.76. The summed E-state index contributed by atoms with van der Waals surface area (Å²) in [6, 6.07) is 9.01. The second-order valence-corrected chi connectivity index (χ2v) is 5.73. The first-order valence-corrected chi connectivity index (χ1v) is 7.59. The summed E-state index contributed by atoms with van der Waals surface area (Å²) < 4.78 is 11.2. The van der Waals surface area contributed by atoms with Gasteiger partial charge in [-0.3, -0.25) is 0 Å². The van der Waals surface area contributed by atoms with Crippen molar-refractivity contribution in [1.82, 2.24) is 0 Å². The van der Waals surface area contributed by atoms with Crippen LogP contribution in [0.4, 0.5) is 5.69 Å². The third-order valence-electron chi connectivity index (χ3n) is 2.32. The van der Waals surface area contributed by atoms with Crippen LogP contribution in [0.2, 0.25) is 6.04 Å². The number of rotatable bonds is 7. The maximum absolute atomic E-state index is 5.73.